The zero-order valence-corrected chi connectivity index (χ0v) is 13.4. The van der Waals surface area contributed by atoms with E-state index in [0.717, 1.165) is 16.8 Å². The van der Waals surface area contributed by atoms with Crippen LogP contribution in [-0.4, -0.2) is 24.4 Å². The first-order valence-corrected chi connectivity index (χ1v) is 7.80. The van der Waals surface area contributed by atoms with Crippen molar-refractivity contribution in [3.05, 3.63) is 65.2 Å². The highest BCUT2D eigenvalue weighted by molar-refractivity contribution is 6.03. The molecule has 1 atom stereocenters. The van der Waals surface area contributed by atoms with E-state index in [2.05, 4.69) is 11.4 Å². The van der Waals surface area contributed by atoms with Gasteiger partial charge in [0, 0.05) is 17.8 Å². The van der Waals surface area contributed by atoms with Gasteiger partial charge in [-0.3, -0.25) is 9.59 Å². The molecule has 3 rings (SSSR count). The smallest absolute Gasteiger partial charge is 0.251 e. The third-order valence-corrected chi connectivity index (χ3v) is 4.06. The molecule has 0 saturated carbocycles. The van der Waals surface area contributed by atoms with E-state index >= 15 is 0 Å². The lowest BCUT2D eigenvalue weighted by Crippen LogP contribution is -2.41. The number of rotatable bonds is 3. The summed E-state index contributed by atoms with van der Waals surface area (Å²) in [5.41, 5.74) is 3.74. The number of hydrogen-bond acceptors (Lipinski definition) is 2. The second kappa shape index (κ2) is 6.24. The maximum atomic E-state index is 12.6. The Morgan fingerprint density at radius 3 is 2.39 bits per heavy atom. The van der Waals surface area contributed by atoms with Crippen molar-refractivity contribution in [2.45, 2.75) is 26.3 Å². The van der Waals surface area contributed by atoms with Gasteiger partial charge in [-0.25, -0.2) is 0 Å². The van der Waals surface area contributed by atoms with E-state index in [9.17, 15) is 9.59 Å². The normalized spacial score (nSPS) is 17.4. The molecule has 1 saturated heterocycles. The summed E-state index contributed by atoms with van der Waals surface area (Å²) in [5, 5.41) is 2.84. The topological polar surface area (TPSA) is 49.4 Å². The van der Waals surface area contributed by atoms with Gasteiger partial charge in [0.25, 0.3) is 5.91 Å². The van der Waals surface area contributed by atoms with Crippen LogP contribution in [0.2, 0.25) is 0 Å². The van der Waals surface area contributed by atoms with Crippen LogP contribution in [0.3, 0.4) is 0 Å². The molecular formula is C19H20N2O2. The van der Waals surface area contributed by atoms with Crippen molar-refractivity contribution in [3.63, 3.8) is 0 Å². The third kappa shape index (κ3) is 3.26. The number of carbonyl (C=O) groups excluding carboxylic acids is 2. The summed E-state index contributed by atoms with van der Waals surface area (Å²) < 4.78 is 0. The largest absolute Gasteiger partial charge is 0.340 e. The van der Waals surface area contributed by atoms with Crippen LogP contribution in [0.5, 0.6) is 0 Å². The molecular weight excluding hydrogens is 288 g/mol. The summed E-state index contributed by atoms with van der Waals surface area (Å²) in [6, 6.07) is 14.6. The van der Waals surface area contributed by atoms with Gasteiger partial charge in [0.2, 0.25) is 5.91 Å². The van der Waals surface area contributed by atoms with Crippen LogP contribution in [0.1, 0.15) is 27.9 Å². The molecule has 23 heavy (non-hydrogen) atoms. The average Bonchev–Trinajstić information content (AvgIpc) is 2.88. The number of nitrogens with one attached hydrogen (secondary N) is 1. The van der Waals surface area contributed by atoms with Gasteiger partial charge in [-0.1, -0.05) is 24.3 Å². The number of benzene rings is 2. The van der Waals surface area contributed by atoms with Crippen LogP contribution in [0.15, 0.2) is 48.5 Å². The van der Waals surface area contributed by atoms with Crippen molar-refractivity contribution >= 4 is 17.5 Å². The number of hydrogen-bond donors (Lipinski definition) is 1. The van der Waals surface area contributed by atoms with Gasteiger partial charge < -0.3 is 10.2 Å². The van der Waals surface area contributed by atoms with Crippen LogP contribution in [0.25, 0.3) is 0 Å². The Balaban J connectivity index is 1.73. The summed E-state index contributed by atoms with van der Waals surface area (Å²) >= 11 is 0. The Kier molecular flexibility index (Phi) is 4.15. The molecule has 1 unspecified atom stereocenters. The van der Waals surface area contributed by atoms with Crippen molar-refractivity contribution in [3.8, 4) is 0 Å². The lowest BCUT2D eigenvalue weighted by molar-refractivity contribution is -0.118. The molecule has 2 amide bonds. The summed E-state index contributed by atoms with van der Waals surface area (Å²) in [6.45, 7) is 4.67. The van der Waals surface area contributed by atoms with Gasteiger partial charge in [-0.15, -0.1) is 0 Å². The second-order valence-corrected chi connectivity index (χ2v) is 6.02. The molecule has 1 aliphatic heterocycles. The molecule has 0 radical (unpaired) electrons. The molecule has 1 heterocycles. The molecule has 118 valence electrons. The summed E-state index contributed by atoms with van der Waals surface area (Å²) in [5.74, 6) is -0.245. The van der Waals surface area contributed by atoms with Crippen LogP contribution in [0.4, 0.5) is 5.69 Å². The van der Waals surface area contributed by atoms with E-state index in [-0.39, 0.29) is 11.8 Å². The lowest BCUT2D eigenvalue weighted by Gasteiger charge is -2.18. The van der Waals surface area contributed by atoms with Gasteiger partial charge in [0.15, 0.2) is 0 Å². The molecule has 4 nitrogen and oxygen atoms in total. The van der Waals surface area contributed by atoms with E-state index in [1.54, 1.807) is 17.0 Å². The van der Waals surface area contributed by atoms with Crippen molar-refractivity contribution < 1.29 is 9.59 Å². The molecule has 0 aliphatic carbocycles. The Bertz CT molecular complexity index is 720. The second-order valence-electron chi connectivity index (χ2n) is 6.02. The highest BCUT2D eigenvalue weighted by Gasteiger charge is 2.33. The third-order valence-electron chi connectivity index (χ3n) is 4.06. The molecule has 4 heteroatoms. The van der Waals surface area contributed by atoms with Crippen molar-refractivity contribution in [2.24, 2.45) is 0 Å². The predicted molar refractivity (Wildman–Crippen MR) is 90.6 cm³/mol. The number of amides is 2. The predicted octanol–water partition coefficient (Wildman–Crippen LogP) is 2.84. The molecule has 1 N–H and O–H groups in total. The molecule has 2 aromatic rings. The Morgan fingerprint density at radius 2 is 1.74 bits per heavy atom. The lowest BCUT2D eigenvalue weighted by atomic mass is 10.1. The molecule has 1 fully saturated rings. The minimum Gasteiger partial charge on any atom is -0.340 e. The minimum absolute atomic E-state index is 0.0423. The molecule has 0 bridgehead atoms. The fourth-order valence-corrected chi connectivity index (χ4v) is 3.01. The van der Waals surface area contributed by atoms with Gasteiger partial charge in [-0.05, 0) is 55.7 Å². The van der Waals surface area contributed by atoms with Crippen LogP contribution < -0.4 is 10.2 Å². The molecule has 1 aliphatic rings. The van der Waals surface area contributed by atoms with Gasteiger partial charge in [0.05, 0.1) is 0 Å². The van der Waals surface area contributed by atoms with Gasteiger partial charge in [0.1, 0.15) is 6.04 Å². The fraction of sp³-hybridized carbons (Fsp3) is 0.263. The molecule has 0 aromatic heterocycles. The monoisotopic (exact) mass is 308 g/mol. The Morgan fingerprint density at radius 1 is 1.09 bits per heavy atom. The van der Waals surface area contributed by atoms with Crippen molar-refractivity contribution in [1.29, 1.82) is 0 Å². The highest BCUT2D eigenvalue weighted by Crippen LogP contribution is 2.24. The maximum Gasteiger partial charge on any atom is 0.251 e. The standard InChI is InChI=1S/C19H20N2O2/c1-13-10-14(2)12-16(11-13)21-9-8-17(19(21)23)20-18(22)15-6-4-3-5-7-15/h3-7,10-12,17H,8-9H2,1-2H3,(H,20,22). The molecule has 0 spiro atoms. The SMILES string of the molecule is Cc1cc(C)cc(N2CCC(NC(=O)c3ccccc3)C2=O)c1. The van der Waals surface area contributed by atoms with Crippen molar-refractivity contribution in [2.75, 3.05) is 11.4 Å². The quantitative estimate of drug-likeness (QED) is 0.948. The minimum atomic E-state index is -0.455. The van der Waals surface area contributed by atoms with Crippen LogP contribution in [0, 0.1) is 13.8 Å². The van der Waals surface area contributed by atoms with Gasteiger partial charge in [-0.2, -0.15) is 0 Å². The zero-order chi connectivity index (χ0) is 16.4. The fourth-order valence-electron chi connectivity index (χ4n) is 3.01. The van der Waals surface area contributed by atoms with Crippen LogP contribution >= 0.6 is 0 Å². The number of anilines is 1. The summed E-state index contributed by atoms with van der Waals surface area (Å²) in [4.78, 5) is 26.6. The Hall–Kier alpha value is -2.62. The maximum absolute atomic E-state index is 12.6. The first-order valence-electron chi connectivity index (χ1n) is 7.80. The average molecular weight is 308 g/mol. The molecule has 2 aromatic carbocycles. The van der Waals surface area contributed by atoms with Gasteiger partial charge >= 0.3 is 0 Å². The van der Waals surface area contributed by atoms with E-state index in [0.29, 0.717) is 18.5 Å². The first kappa shape index (κ1) is 15.3. The summed E-state index contributed by atoms with van der Waals surface area (Å²) in [6.07, 6.45) is 0.629. The number of aryl methyl sites for hydroxylation is 2. The van der Waals surface area contributed by atoms with Crippen molar-refractivity contribution in [1.82, 2.24) is 5.32 Å². The summed E-state index contributed by atoms with van der Waals surface area (Å²) in [7, 11) is 0. The van der Waals surface area contributed by atoms with E-state index in [1.807, 2.05) is 44.2 Å². The number of carbonyl (C=O) groups is 2. The van der Waals surface area contributed by atoms with Crippen LogP contribution in [-0.2, 0) is 4.79 Å². The van der Waals surface area contributed by atoms with E-state index in [4.69, 9.17) is 0 Å². The first-order chi connectivity index (χ1) is 11.0. The number of nitrogens with zero attached hydrogens (tertiary/aromatic N) is 1. The van der Waals surface area contributed by atoms with E-state index < -0.39 is 6.04 Å². The Labute approximate surface area is 136 Å². The van der Waals surface area contributed by atoms with E-state index in [1.165, 1.54) is 0 Å². The zero-order valence-electron chi connectivity index (χ0n) is 13.4. The highest BCUT2D eigenvalue weighted by atomic mass is 16.2.